The van der Waals surface area contributed by atoms with Crippen molar-refractivity contribution in [2.24, 2.45) is 16.5 Å². The van der Waals surface area contributed by atoms with E-state index < -0.39 is 0 Å². The fraction of sp³-hybridized carbons (Fsp3) is 0.111. The maximum Gasteiger partial charge on any atom is 0.214 e. The van der Waals surface area contributed by atoms with E-state index in [0.29, 0.717) is 10.8 Å². The Bertz CT molecular complexity index is 439. The van der Waals surface area contributed by atoms with Gasteiger partial charge in [-0.25, -0.2) is 4.39 Å². The molecule has 0 aliphatic carbocycles. The predicted molar refractivity (Wildman–Crippen MR) is 73.5 cm³/mol. The van der Waals surface area contributed by atoms with Crippen molar-refractivity contribution >= 4 is 46.9 Å². The van der Waals surface area contributed by atoms with Gasteiger partial charge in [0.2, 0.25) is 5.96 Å². The number of thioether (sulfide) groups is 1. The molecule has 1 aromatic carbocycles. The van der Waals surface area contributed by atoms with Crippen LogP contribution in [-0.2, 0) is 5.75 Å². The van der Waals surface area contributed by atoms with Gasteiger partial charge in [0.1, 0.15) is 5.82 Å². The lowest BCUT2D eigenvalue weighted by Crippen LogP contribution is -2.14. The summed E-state index contributed by atoms with van der Waals surface area (Å²) >= 11 is 7.00. The number of amidine groups is 1. The Kier molecular flexibility index (Phi) is 6.94. The Morgan fingerprint density at radius 1 is 1.47 bits per heavy atom. The number of aliphatic imine (C=N–C) groups is 1. The highest BCUT2D eigenvalue weighted by Gasteiger charge is 2.03. The van der Waals surface area contributed by atoms with Crippen LogP contribution in [0.1, 0.15) is 5.56 Å². The minimum Gasteiger partial charge on any atom is -0.378 e. The molecule has 0 bridgehead atoms. The maximum atomic E-state index is 12.7. The van der Waals surface area contributed by atoms with Crippen LogP contribution in [0, 0.1) is 11.2 Å². The topological polar surface area (TPSA) is 88.2 Å². The van der Waals surface area contributed by atoms with Crippen LogP contribution in [0.3, 0.4) is 0 Å². The number of nitrogens with one attached hydrogen (secondary N) is 1. The molecule has 0 saturated carbocycles. The minimum absolute atomic E-state index is 0. The molecule has 4 nitrogen and oxygen atoms in total. The van der Waals surface area contributed by atoms with Crippen molar-refractivity contribution < 1.29 is 4.39 Å². The van der Waals surface area contributed by atoms with Crippen LogP contribution in [0.5, 0.6) is 0 Å². The number of hydrogen-bond donors (Lipinski definition) is 3. The lowest BCUT2D eigenvalue weighted by atomic mass is 10.2. The van der Waals surface area contributed by atoms with Gasteiger partial charge in [-0.05, 0) is 17.7 Å². The van der Waals surface area contributed by atoms with Crippen LogP contribution in [0.15, 0.2) is 23.2 Å². The molecule has 0 fully saturated rings. The molecule has 8 heteroatoms. The second kappa shape index (κ2) is 7.37. The Labute approximate surface area is 114 Å². The molecule has 94 valence electrons. The molecule has 0 aromatic heterocycles. The summed E-state index contributed by atoms with van der Waals surface area (Å²) < 4.78 is 12.7. The summed E-state index contributed by atoms with van der Waals surface area (Å²) in [6.45, 7) is 0. The first kappa shape index (κ1) is 16.0. The summed E-state index contributed by atoms with van der Waals surface area (Å²) in [6, 6.07) is 4.13. The summed E-state index contributed by atoms with van der Waals surface area (Å²) in [5.41, 5.74) is 11.3. The van der Waals surface area contributed by atoms with E-state index in [1.165, 1.54) is 23.9 Å². The second-order valence-corrected chi connectivity index (χ2v) is 4.26. The summed E-state index contributed by atoms with van der Waals surface area (Å²) in [4.78, 5) is 3.54. The first-order valence-electron chi connectivity index (χ1n) is 4.24. The van der Waals surface area contributed by atoms with Gasteiger partial charge in [-0.2, -0.15) is 4.99 Å². The predicted octanol–water partition coefficient (Wildman–Crippen LogP) is 2.34. The molecule has 17 heavy (non-hydrogen) atoms. The summed E-state index contributed by atoms with van der Waals surface area (Å²) in [5.74, 6) is -0.291. The van der Waals surface area contributed by atoms with Crippen LogP contribution >= 0.6 is 35.8 Å². The van der Waals surface area contributed by atoms with Crippen LogP contribution < -0.4 is 11.5 Å². The Hall–Kier alpha value is -0.980. The molecule has 0 unspecified atom stereocenters. The van der Waals surface area contributed by atoms with Crippen LogP contribution in [-0.4, -0.2) is 11.1 Å². The summed E-state index contributed by atoms with van der Waals surface area (Å²) in [6.07, 6.45) is 0. The molecule has 0 saturated heterocycles. The van der Waals surface area contributed by atoms with E-state index in [4.69, 9.17) is 28.5 Å². The third-order valence-corrected chi connectivity index (χ3v) is 2.82. The van der Waals surface area contributed by atoms with E-state index in [9.17, 15) is 4.39 Å². The van der Waals surface area contributed by atoms with E-state index in [1.807, 2.05) is 0 Å². The molecule has 0 atom stereocenters. The number of nitrogens with zero attached hydrogens (tertiary/aromatic N) is 1. The molecule has 1 rings (SSSR count). The molecule has 0 radical (unpaired) electrons. The van der Waals surface area contributed by atoms with Crippen LogP contribution in [0.25, 0.3) is 0 Å². The van der Waals surface area contributed by atoms with Gasteiger partial charge in [0.15, 0.2) is 5.17 Å². The van der Waals surface area contributed by atoms with Gasteiger partial charge in [-0.15, -0.1) is 12.4 Å². The van der Waals surface area contributed by atoms with Crippen LogP contribution in [0.4, 0.5) is 4.39 Å². The SMILES string of the molecule is Cl.N=C(N)N=C(N)SCc1ccc(F)cc1Cl. The lowest BCUT2D eigenvalue weighted by molar-refractivity contribution is 0.627. The van der Waals surface area contributed by atoms with E-state index >= 15 is 0 Å². The third-order valence-electron chi connectivity index (χ3n) is 1.62. The van der Waals surface area contributed by atoms with Gasteiger partial charge in [-0.1, -0.05) is 29.4 Å². The first-order chi connectivity index (χ1) is 7.49. The van der Waals surface area contributed by atoms with Crippen LogP contribution in [0.2, 0.25) is 5.02 Å². The molecular weight excluding hydrogens is 286 g/mol. The Morgan fingerprint density at radius 2 is 2.12 bits per heavy atom. The normalized spacial score (nSPS) is 10.8. The van der Waals surface area contributed by atoms with Gasteiger partial charge in [0.05, 0.1) is 0 Å². The van der Waals surface area contributed by atoms with Crippen molar-refractivity contribution in [3.05, 3.63) is 34.6 Å². The Balaban J connectivity index is 0.00000256. The highest BCUT2D eigenvalue weighted by Crippen LogP contribution is 2.22. The highest BCUT2D eigenvalue weighted by atomic mass is 35.5. The average Bonchev–Trinajstić information content (AvgIpc) is 2.15. The van der Waals surface area contributed by atoms with Gasteiger partial charge in [-0.3, -0.25) is 5.41 Å². The number of nitrogens with two attached hydrogens (primary N) is 2. The highest BCUT2D eigenvalue weighted by molar-refractivity contribution is 8.13. The van der Waals surface area contributed by atoms with E-state index in [2.05, 4.69) is 4.99 Å². The van der Waals surface area contributed by atoms with Gasteiger partial charge in [0, 0.05) is 10.8 Å². The zero-order valence-corrected chi connectivity index (χ0v) is 11.0. The minimum atomic E-state index is -0.385. The number of guanidine groups is 1. The standard InChI is InChI=1S/C9H10ClFN4S.ClH/c10-7-3-6(11)2-1-5(7)4-16-9(14)15-8(12)13;/h1-3H,4H2,(H5,12,13,14,15);1H. The van der Waals surface area contributed by atoms with Crippen molar-refractivity contribution in [2.45, 2.75) is 5.75 Å². The number of halogens is 3. The molecule has 0 spiro atoms. The largest absolute Gasteiger partial charge is 0.378 e. The fourth-order valence-corrected chi connectivity index (χ4v) is 1.97. The maximum absolute atomic E-state index is 12.7. The van der Waals surface area contributed by atoms with Gasteiger partial charge in [0.25, 0.3) is 0 Å². The zero-order chi connectivity index (χ0) is 12.1. The number of rotatable bonds is 2. The molecule has 5 N–H and O–H groups in total. The van der Waals surface area contributed by atoms with Crippen molar-refractivity contribution in [3.8, 4) is 0 Å². The first-order valence-corrected chi connectivity index (χ1v) is 5.60. The summed E-state index contributed by atoms with van der Waals surface area (Å²) in [7, 11) is 0. The lowest BCUT2D eigenvalue weighted by Gasteiger charge is -2.03. The third kappa shape index (κ3) is 5.76. The van der Waals surface area contributed by atoms with Crippen molar-refractivity contribution in [3.63, 3.8) is 0 Å². The number of hydrogen-bond acceptors (Lipinski definition) is 2. The molecular formula is C9H11Cl2FN4S. The quantitative estimate of drug-likeness (QED) is 0.578. The zero-order valence-electron chi connectivity index (χ0n) is 8.61. The van der Waals surface area contributed by atoms with E-state index in [-0.39, 0.29) is 29.4 Å². The molecule has 0 aliphatic rings. The molecule has 0 aliphatic heterocycles. The fourth-order valence-electron chi connectivity index (χ4n) is 0.941. The number of benzene rings is 1. The van der Waals surface area contributed by atoms with Gasteiger partial charge < -0.3 is 11.5 Å². The average molecular weight is 297 g/mol. The monoisotopic (exact) mass is 296 g/mol. The summed E-state index contributed by atoms with van der Waals surface area (Å²) in [5, 5.41) is 7.41. The van der Waals surface area contributed by atoms with E-state index in [1.54, 1.807) is 6.07 Å². The Morgan fingerprint density at radius 3 is 2.65 bits per heavy atom. The smallest absolute Gasteiger partial charge is 0.214 e. The van der Waals surface area contributed by atoms with Gasteiger partial charge >= 0.3 is 0 Å². The second-order valence-electron chi connectivity index (χ2n) is 2.86. The molecule has 1 aromatic rings. The molecule has 0 amide bonds. The molecule has 0 heterocycles. The van der Waals surface area contributed by atoms with Crippen molar-refractivity contribution in [2.75, 3.05) is 0 Å². The van der Waals surface area contributed by atoms with Crippen molar-refractivity contribution in [1.82, 2.24) is 0 Å². The van der Waals surface area contributed by atoms with Crippen molar-refractivity contribution in [1.29, 1.82) is 5.41 Å². The van der Waals surface area contributed by atoms with E-state index in [0.717, 1.165) is 5.56 Å².